The first kappa shape index (κ1) is 22.8. The number of nitrogens with zero attached hydrogens (tertiary/aromatic N) is 2. The number of furan rings is 1. The van der Waals surface area contributed by atoms with Gasteiger partial charge in [0.1, 0.15) is 18.2 Å². The molecule has 0 amide bonds. The second kappa shape index (κ2) is 9.36. The third-order valence-electron chi connectivity index (χ3n) is 5.41. The van der Waals surface area contributed by atoms with Gasteiger partial charge in [-0.15, -0.1) is 0 Å². The Kier molecular flexibility index (Phi) is 6.10. The molecule has 0 bridgehead atoms. The minimum atomic E-state index is -0.453. The number of rotatable bonds is 8. The van der Waals surface area contributed by atoms with Crippen LogP contribution in [0.4, 0.5) is 4.39 Å². The van der Waals surface area contributed by atoms with Crippen LogP contribution in [0, 0.1) is 12.7 Å². The van der Waals surface area contributed by atoms with Gasteiger partial charge in [-0.2, -0.15) is 0 Å². The monoisotopic (exact) mass is 492 g/mol. The van der Waals surface area contributed by atoms with Gasteiger partial charge in [-0.25, -0.2) is 9.37 Å². The lowest BCUT2D eigenvalue weighted by Gasteiger charge is -2.09. The third kappa shape index (κ3) is 4.20. The second-order valence-corrected chi connectivity index (χ2v) is 8.78. The Hall–Kier alpha value is -3.95. The third-order valence-corrected chi connectivity index (χ3v) is 6.41. The molecule has 178 valence electrons. The maximum Gasteiger partial charge on any atom is 0.242 e. The van der Waals surface area contributed by atoms with E-state index in [0.29, 0.717) is 32.4 Å². The summed E-state index contributed by atoms with van der Waals surface area (Å²) in [7, 11) is 1.53. The predicted octanol–water partition coefficient (Wildman–Crippen LogP) is 5.76. The molecule has 7 nitrogen and oxygen atoms in total. The number of benzene rings is 2. The Morgan fingerprint density at radius 2 is 1.94 bits per heavy atom. The van der Waals surface area contributed by atoms with Crippen LogP contribution in [-0.2, 0) is 4.74 Å². The van der Waals surface area contributed by atoms with E-state index in [1.807, 2.05) is 30.3 Å². The van der Waals surface area contributed by atoms with Crippen molar-refractivity contribution in [3.05, 3.63) is 83.6 Å². The van der Waals surface area contributed by atoms with Crippen molar-refractivity contribution in [2.24, 2.45) is 0 Å². The number of carbonyl (C=O) groups excluding carboxylic acids is 1. The molecule has 0 fully saturated rings. The van der Waals surface area contributed by atoms with Gasteiger partial charge in [0.15, 0.2) is 16.6 Å². The topological polar surface area (TPSA) is 86.7 Å². The molecule has 3 aromatic heterocycles. The average molecular weight is 493 g/mol. The highest BCUT2D eigenvalue weighted by Crippen LogP contribution is 2.46. The summed E-state index contributed by atoms with van der Waals surface area (Å²) in [5, 5.41) is 11.7. The summed E-state index contributed by atoms with van der Waals surface area (Å²) >= 11 is 1.19. The van der Waals surface area contributed by atoms with Crippen LogP contribution in [0.3, 0.4) is 0 Å². The van der Waals surface area contributed by atoms with E-state index in [1.165, 1.54) is 35.1 Å². The number of ketones is 1. The smallest absolute Gasteiger partial charge is 0.242 e. The molecule has 0 saturated heterocycles. The molecule has 0 aliphatic heterocycles. The summed E-state index contributed by atoms with van der Waals surface area (Å²) in [6.45, 7) is 2.10. The van der Waals surface area contributed by atoms with Crippen molar-refractivity contribution >= 4 is 27.3 Å². The lowest BCUT2D eigenvalue weighted by atomic mass is 10.0. The molecule has 0 radical (unpaired) electrons. The maximum absolute atomic E-state index is 13.8. The van der Waals surface area contributed by atoms with E-state index in [2.05, 4.69) is 4.98 Å². The van der Waals surface area contributed by atoms with Gasteiger partial charge in [-0.05, 0) is 42.8 Å². The highest BCUT2D eigenvalue weighted by molar-refractivity contribution is 7.20. The molecule has 5 aromatic rings. The number of halogens is 1. The van der Waals surface area contributed by atoms with Gasteiger partial charge in [0, 0.05) is 7.11 Å². The van der Waals surface area contributed by atoms with E-state index in [1.54, 1.807) is 25.1 Å². The van der Waals surface area contributed by atoms with Crippen LogP contribution in [0.1, 0.15) is 21.9 Å². The van der Waals surface area contributed by atoms with Crippen LogP contribution in [0.5, 0.6) is 11.6 Å². The predicted molar refractivity (Wildman–Crippen MR) is 130 cm³/mol. The molecule has 5 rings (SSSR count). The first-order valence-electron chi connectivity index (χ1n) is 10.8. The van der Waals surface area contributed by atoms with Crippen molar-refractivity contribution in [3.63, 3.8) is 0 Å². The number of aryl methyl sites for hydroxylation is 1. The van der Waals surface area contributed by atoms with Crippen LogP contribution >= 0.6 is 11.3 Å². The Morgan fingerprint density at radius 3 is 2.66 bits per heavy atom. The van der Waals surface area contributed by atoms with E-state index < -0.39 is 5.78 Å². The number of carbonyl (C=O) groups is 1. The summed E-state index contributed by atoms with van der Waals surface area (Å²) in [6, 6.07) is 16.7. The van der Waals surface area contributed by atoms with Crippen molar-refractivity contribution in [1.29, 1.82) is 0 Å². The van der Waals surface area contributed by atoms with Crippen molar-refractivity contribution < 1.29 is 28.2 Å². The summed E-state index contributed by atoms with van der Waals surface area (Å²) < 4.78 is 32.5. The van der Waals surface area contributed by atoms with Gasteiger partial charge < -0.3 is 19.0 Å². The van der Waals surface area contributed by atoms with Crippen LogP contribution in [0.15, 0.2) is 65.1 Å². The molecule has 0 aliphatic carbocycles. The van der Waals surface area contributed by atoms with Gasteiger partial charge in [0.2, 0.25) is 11.7 Å². The van der Waals surface area contributed by atoms with Crippen molar-refractivity contribution in [1.82, 2.24) is 9.55 Å². The van der Waals surface area contributed by atoms with Gasteiger partial charge in [0.05, 0.1) is 28.1 Å². The number of thiazole rings is 1. The molecule has 9 heteroatoms. The fourth-order valence-corrected chi connectivity index (χ4v) is 4.83. The number of aromatic hydroxyl groups is 1. The first-order valence-corrected chi connectivity index (χ1v) is 11.6. The largest absolute Gasteiger partial charge is 0.492 e. The molecule has 0 aliphatic rings. The van der Waals surface area contributed by atoms with Crippen molar-refractivity contribution in [3.8, 4) is 28.0 Å². The quantitative estimate of drug-likeness (QED) is 0.219. The number of hydrogen-bond acceptors (Lipinski definition) is 7. The normalized spacial score (nSPS) is 11.3. The Balaban J connectivity index is 1.80. The summed E-state index contributed by atoms with van der Waals surface area (Å²) in [5.74, 6) is -0.462. The van der Waals surface area contributed by atoms with E-state index in [9.17, 15) is 14.3 Å². The van der Waals surface area contributed by atoms with Gasteiger partial charge in [0.25, 0.3) is 0 Å². The number of fused-ring (bicyclic) bond motifs is 1. The summed E-state index contributed by atoms with van der Waals surface area (Å²) in [6.07, 6.45) is 0. The Labute approximate surface area is 204 Å². The van der Waals surface area contributed by atoms with Gasteiger partial charge in [-0.3, -0.25) is 9.36 Å². The number of aromatic nitrogens is 2. The second-order valence-electron chi connectivity index (χ2n) is 7.77. The molecule has 0 saturated carbocycles. The van der Waals surface area contributed by atoms with E-state index in [0.717, 1.165) is 0 Å². The zero-order valence-corrected chi connectivity index (χ0v) is 19.8. The molecule has 1 N–H and O–H groups in total. The van der Waals surface area contributed by atoms with Crippen LogP contribution in [-0.4, -0.2) is 40.8 Å². The molecule has 3 heterocycles. The van der Waals surface area contributed by atoms with E-state index in [4.69, 9.17) is 13.9 Å². The average Bonchev–Trinajstić information content (AvgIpc) is 3.55. The van der Waals surface area contributed by atoms with Crippen LogP contribution in [0.25, 0.3) is 26.6 Å². The number of hydrogen-bond donors (Lipinski definition) is 1. The zero-order valence-electron chi connectivity index (χ0n) is 18.9. The maximum atomic E-state index is 13.8. The molecule has 0 unspecified atom stereocenters. The zero-order chi connectivity index (χ0) is 24.5. The summed E-state index contributed by atoms with van der Waals surface area (Å²) in [4.78, 5) is 18.3. The molecule has 0 spiro atoms. The fraction of sp³-hybridized carbons (Fsp3) is 0.154. The lowest BCUT2D eigenvalue weighted by molar-refractivity contribution is 0.1000. The fourth-order valence-electron chi connectivity index (χ4n) is 3.83. The molecular formula is C26H21FN2O5S. The standard InChI is InChI=1S/C26H21FN2O5S/c1-15-8-11-19(34-15)23(30)21-22(16-6-4-3-5-7-16)29(25(31)24(21)33-13-12-32-2)26-28-18-10-9-17(27)14-20(18)35-26/h3-11,14,31H,12-13H2,1-2H3. The van der Waals surface area contributed by atoms with Crippen LogP contribution < -0.4 is 4.74 Å². The molecule has 35 heavy (non-hydrogen) atoms. The minimum Gasteiger partial charge on any atom is -0.492 e. The Bertz CT molecular complexity index is 1520. The first-order chi connectivity index (χ1) is 17.0. The molecule has 2 aromatic carbocycles. The van der Waals surface area contributed by atoms with E-state index >= 15 is 0 Å². The van der Waals surface area contributed by atoms with Crippen molar-refractivity contribution in [2.75, 3.05) is 20.3 Å². The Morgan fingerprint density at radius 1 is 1.14 bits per heavy atom. The lowest BCUT2D eigenvalue weighted by Crippen LogP contribution is -2.08. The van der Waals surface area contributed by atoms with E-state index in [-0.39, 0.29) is 42.0 Å². The van der Waals surface area contributed by atoms with Gasteiger partial charge >= 0.3 is 0 Å². The SMILES string of the molecule is COCCOc1c(C(=O)c2ccc(C)o2)c(-c2ccccc2)n(-c2nc3ccc(F)cc3s2)c1O. The highest BCUT2D eigenvalue weighted by Gasteiger charge is 2.33. The van der Waals surface area contributed by atoms with Crippen LogP contribution in [0.2, 0.25) is 0 Å². The van der Waals surface area contributed by atoms with Gasteiger partial charge in [-0.1, -0.05) is 41.7 Å². The highest BCUT2D eigenvalue weighted by atomic mass is 32.1. The number of ether oxygens (including phenoxy) is 2. The minimum absolute atomic E-state index is 0.00890. The number of methoxy groups -OCH3 is 1. The van der Waals surface area contributed by atoms with Crippen molar-refractivity contribution in [2.45, 2.75) is 6.92 Å². The molecule has 0 atom stereocenters. The summed E-state index contributed by atoms with van der Waals surface area (Å²) in [5.41, 5.74) is 1.73. The molecular weight excluding hydrogens is 471 g/mol.